The lowest BCUT2D eigenvalue weighted by atomic mass is 10.3. The topological polar surface area (TPSA) is 75.7 Å². The Hall–Kier alpha value is -3.10. The number of carbonyl (C=O) groups excluding carboxylic acids is 1. The molecule has 0 saturated carbocycles. The summed E-state index contributed by atoms with van der Waals surface area (Å²) in [5.41, 5.74) is 0.194. The maximum Gasteiger partial charge on any atom is 0.264 e. The first-order chi connectivity index (χ1) is 14.3. The van der Waals surface area contributed by atoms with Gasteiger partial charge in [0, 0.05) is 5.02 Å². The van der Waals surface area contributed by atoms with Crippen molar-refractivity contribution in [1.29, 1.82) is 0 Å². The molecular weight excluding hydrogens is 431 g/mol. The molecule has 0 aromatic heterocycles. The van der Waals surface area contributed by atoms with Crippen molar-refractivity contribution in [2.75, 3.05) is 23.3 Å². The summed E-state index contributed by atoms with van der Waals surface area (Å²) < 4.78 is 46.4. The van der Waals surface area contributed by atoms with Gasteiger partial charge in [-0.2, -0.15) is 0 Å². The summed E-state index contributed by atoms with van der Waals surface area (Å²) in [6.07, 6.45) is 0. The van der Waals surface area contributed by atoms with Crippen LogP contribution >= 0.6 is 11.6 Å². The molecule has 0 unspecified atom stereocenters. The van der Waals surface area contributed by atoms with E-state index in [9.17, 15) is 17.6 Å². The van der Waals surface area contributed by atoms with Crippen molar-refractivity contribution >= 4 is 38.9 Å². The minimum atomic E-state index is -4.11. The number of methoxy groups -OCH3 is 1. The van der Waals surface area contributed by atoms with Crippen LogP contribution in [-0.2, 0) is 14.8 Å². The van der Waals surface area contributed by atoms with E-state index in [2.05, 4.69) is 5.32 Å². The number of nitrogens with one attached hydrogen (secondary N) is 1. The van der Waals surface area contributed by atoms with Crippen molar-refractivity contribution in [3.8, 4) is 5.75 Å². The number of sulfonamides is 1. The molecule has 0 atom stereocenters. The van der Waals surface area contributed by atoms with Gasteiger partial charge < -0.3 is 10.1 Å². The van der Waals surface area contributed by atoms with Crippen LogP contribution in [0, 0.1) is 5.82 Å². The number of hydrogen-bond donors (Lipinski definition) is 1. The average molecular weight is 449 g/mol. The number of carbonyl (C=O) groups is 1. The van der Waals surface area contributed by atoms with Gasteiger partial charge in [-0.1, -0.05) is 23.7 Å². The zero-order valence-electron chi connectivity index (χ0n) is 15.9. The highest BCUT2D eigenvalue weighted by Crippen LogP contribution is 2.26. The van der Waals surface area contributed by atoms with Crippen LogP contribution in [0.5, 0.6) is 5.75 Å². The Balaban J connectivity index is 1.94. The fourth-order valence-electron chi connectivity index (χ4n) is 2.68. The maximum atomic E-state index is 13.9. The number of amides is 1. The van der Waals surface area contributed by atoms with Gasteiger partial charge in [-0.05, 0) is 60.7 Å². The minimum Gasteiger partial charge on any atom is -0.497 e. The van der Waals surface area contributed by atoms with Gasteiger partial charge in [0.25, 0.3) is 10.0 Å². The molecule has 0 aliphatic carbocycles. The molecular formula is C21H18ClFN2O4S. The first-order valence-corrected chi connectivity index (χ1v) is 10.6. The summed E-state index contributed by atoms with van der Waals surface area (Å²) >= 11 is 5.91. The molecule has 0 saturated heterocycles. The number of rotatable bonds is 7. The Kier molecular flexibility index (Phi) is 6.59. The van der Waals surface area contributed by atoms with Crippen LogP contribution in [0.3, 0.4) is 0 Å². The Labute approximate surface area is 178 Å². The van der Waals surface area contributed by atoms with Crippen LogP contribution in [0.25, 0.3) is 0 Å². The van der Waals surface area contributed by atoms with Crippen LogP contribution in [-0.4, -0.2) is 28.0 Å². The van der Waals surface area contributed by atoms with E-state index in [0.29, 0.717) is 10.8 Å². The zero-order chi connectivity index (χ0) is 21.7. The molecule has 156 valence electrons. The van der Waals surface area contributed by atoms with Crippen LogP contribution in [0.4, 0.5) is 15.8 Å². The predicted octanol–water partition coefficient (Wildman–Crippen LogP) is 4.32. The van der Waals surface area contributed by atoms with Gasteiger partial charge in [-0.3, -0.25) is 9.10 Å². The summed E-state index contributed by atoms with van der Waals surface area (Å²) in [6.45, 7) is -0.565. The molecule has 0 heterocycles. The third-order valence-corrected chi connectivity index (χ3v) is 6.24. The molecule has 6 nitrogen and oxygen atoms in total. The molecule has 3 aromatic rings. The van der Waals surface area contributed by atoms with Crippen molar-refractivity contribution in [1.82, 2.24) is 0 Å². The first-order valence-electron chi connectivity index (χ1n) is 8.78. The summed E-state index contributed by atoms with van der Waals surface area (Å²) in [6, 6.07) is 17.4. The van der Waals surface area contributed by atoms with Gasteiger partial charge in [-0.15, -0.1) is 0 Å². The molecule has 0 radical (unpaired) electrons. The molecule has 3 rings (SSSR count). The fourth-order valence-corrected chi connectivity index (χ4v) is 4.23. The molecule has 0 fully saturated rings. The number of halogens is 2. The second kappa shape index (κ2) is 9.15. The molecule has 0 aliphatic rings. The number of benzene rings is 3. The molecule has 3 aromatic carbocycles. The number of hydrogen-bond acceptors (Lipinski definition) is 4. The second-order valence-corrected chi connectivity index (χ2v) is 8.49. The Morgan fingerprint density at radius 1 is 1.03 bits per heavy atom. The lowest BCUT2D eigenvalue weighted by Gasteiger charge is -2.24. The number of nitrogens with zero attached hydrogens (tertiary/aromatic N) is 1. The Bertz CT molecular complexity index is 1140. The van der Waals surface area contributed by atoms with E-state index in [-0.39, 0.29) is 16.3 Å². The molecule has 1 amide bonds. The standard InChI is InChI=1S/C21H18ClFN2O4S/c1-29-17-10-12-18(13-11-17)30(27,28)25(16-8-6-15(22)7-9-16)14-21(26)24-20-5-3-2-4-19(20)23/h2-13H,14H2,1H3,(H,24,26). The first kappa shape index (κ1) is 21.6. The van der Waals surface area contributed by atoms with Gasteiger partial charge in [0.1, 0.15) is 18.1 Å². The second-order valence-electron chi connectivity index (χ2n) is 6.19. The van der Waals surface area contributed by atoms with Crippen LogP contribution in [0.15, 0.2) is 77.7 Å². The van der Waals surface area contributed by atoms with E-state index in [4.69, 9.17) is 16.3 Å². The van der Waals surface area contributed by atoms with Crippen LogP contribution < -0.4 is 14.4 Å². The Morgan fingerprint density at radius 3 is 2.27 bits per heavy atom. The van der Waals surface area contributed by atoms with E-state index in [1.165, 1.54) is 73.8 Å². The van der Waals surface area contributed by atoms with Crippen LogP contribution in [0.2, 0.25) is 5.02 Å². The number of anilines is 2. The van der Waals surface area contributed by atoms with Crippen molar-refractivity contribution in [2.24, 2.45) is 0 Å². The number of ether oxygens (including phenoxy) is 1. The van der Waals surface area contributed by atoms with E-state index in [1.807, 2.05) is 0 Å². The van der Waals surface area contributed by atoms with E-state index >= 15 is 0 Å². The monoisotopic (exact) mass is 448 g/mol. The van der Waals surface area contributed by atoms with Crippen molar-refractivity contribution in [2.45, 2.75) is 4.90 Å². The molecule has 0 aliphatic heterocycles. The fraction of sp³-hybridized carbons (Fsp3) is 0.0952. The average Bonchev–Trinajstić information content (AvgIpc) is 2.74. The van der Waals surface area contributed by atoms with Crippen molar-refractivity contribution in [3.05, 3.63) is 83.6 Å². The largest absolute Gasteiger partial charge is 0.497 e. The lowest BCUT2D eigenvalue weighted by Crippen LogP contribution is -2.38. The summed E-state index contributed by atoms with van der Waals surface area (Å²) in [5.74, 6) is -0.835. The summed E-state index contributed by atoms with van der Waals surface area (Å²) in [4.78, 5) is 12.5. The lowest BCUT2D eigenvalue weighted by molar-refractivity contribution is -0.114. The van der Waals surface area contributed by atoms with Gasteiger partial charge in [0.2, 0.25) is 5.91 Å². The zero-order valence-corrected chi connectivity index (χ0v) is 17.5. The SMILES string of the molecule is COc1ccc(S(=O)(=O)N(CC(=O)Nc2ccccc2F)c2ccc(Cl)cc2)cc1. The van der Waals surface area contributed by atoms with E-state index in [1.54, 1.807) is 6.07 Å². The van der Waals surface area contributed by atoms with Crippen molar-refractivity contribution in [3.63, 3.8) is 0 Å². The molecule has 1 N–H and O–H groups in total. The number of para-hydroxylation sites is 1. The van der Waals surface area contributed by atoms with E-state index in [0.717, 1.165) is 4.31 Å². The minimum absolute atomic E-state index is 0.0306. The third-order valence-electron chi connectivity index (χ3n) is 4.20. The van der Waals surface area contributed by atoms with Gasteiger partial charge in [-0.25, -0.2) is 12.8 Å². The molecule has 30 heavy (non-hydrogen) atoms. The maximum absolute atomic E-state index is 13.9. The van der Waals surface area contributed by atoms with Gasteiger partial charge >= 0.3 is 0 Å². The Morgan fingerprint density at radius 2 is 1.67 bits per heavy atom. The smallest absolute Gasteiger partial charge is 0.264 e. The summed E-state index contributed by atoms with van der Waals surface area (Å²) in [7, 11) is -2.64. The van der Waals surface area contributed by atoms with Gasteiger partial charge in [0.05, 0.1) is 23.4 Å². The third kappa shape index (κ3) is 4.90. The molecule has 9 heteroatoms. The highest BCUT2D eigenvalue weighted by molar-refractivity contribution is 7.92. The van der Waals surface area contributed by atoms with Crippen molar-refractivity contribution < 1.29 is 22.3 Å². The van der Waals surface area contributed by atoms with Gasteiger partial charge in [0.15, 0.2) is 0 Å². The highest BCUT2D eigenvalue weighted by Gasteiger charge is 2.27. The molecule has 0 bridgehead atoms. The predicted molar refractivity (Wildman–Crippen MR) is 114 cm³/mol. The van der Waals surface area contributed by atoms with E-state index < -0.39 is 28.3 Å². The summed E-state index contributed by atoms with van der Waals surface area (Å²) in [5, 5.41) is 2.81. The normalized spacial score (nSPS) is 11.0. The molecule has 0 spiro atoms. The van der Waals surface area contributed by atoms with Crippen LogP contribution in [0.1, 0.15) is 0 Å². The quantitative estimate of drug-likeness (QED) is 0.584. The highest BCUT2D eigenvalue weighted by atomic mass is 35.5.